The molecule has 1 aromatic carbocycles. The number of amides is 1. The fourth-order valence-electron chi connectivity index (χ4n) is 6.24. The lowest BCUT2D eigenvalue weighted by Gasteiger charge is -2.45. The Labute approximate surface area is 185 Å². The first-order valence-corrected chi connectivity index (χ1v) is 11.8. The van der Waals surface area contributed by atoms with Gasteiger partial charge in [0, 0.05) is 19.6 Å². The average molecular weight is 426 g/mol. The summed E-state index contributed by atoms with van der Waals surface area (Å²) >= 11 is 0. The van der Waals surface area contributed by atoms with Crippen LogP contribution in [0.4, 0.5) is 0 Å². The molecule has 31 heavy (non-hydrogen) atoms. The molecular formula is C25H35N3O3. The highest BCUT2D eigenvalue weighted by Crippen LogP contribution is 2.62. The maximum Gasteiger partial charge on any atom is 0.262 e. The van der Waals surface area contributed by atoms with Gasteiger partial charge in [0.15, 0.2) is 11.5 Å². The lowest BCUT2D eigenvalue weighted by Crippen LogP contribution is -2.52. The van der Waals surface area contributed by atoms with Crippen LogP contribution in [0.1, 0.15) is 61.6 Å². The zero-order valence-corrected chi connectivity index (χ0v) is 18.9. The first kappa shape index (κ1) is 21.0. The van der Waals surface area contributed by atoms with Gasteiger partial charge < -0.3 is 15.2 Å². The monoisotopic (exact) mass is 425 g/mol. The summed E-state index contributed by atoms with van der Waals surface area (Å²) in [6, 6.07) is 6.81. The number of nitrogens with zero attached hydrogens (tertiary/aromatic N) is 2. The van der Waals surface area contributed by atoms with Crippen LogP contribution < -0.4 is 5.73 Å². The van der Waals surface area contributed by atoms with E-state index in [1.54, 1.807) is 19.1 Å². The molecule has 1 heterocycles. The fourth-order valence-corrected chi connectivity index (χ4v) is 6.24. The highest BCUT2D eigenvalue weighted by molar-refractivity contribution is 6.08. The molecule has 2 N–H and O–H groups in total. The second-order valence-corrected chi connectivity index (χ2v) is 10.00. The summed E-state index contributed by atoms with van der Waals surface area (Å²) < 4.78 is 10.9. The van der Waals surface area contributed by atoms with Crippen molar-refractivity contribution in [2.45, 2.75) is 69.4 Å². The molecular weight excluding hydrogens is 390 g/mol. The van der Waals surface area contributed by atoms with Gasteiger partial charge in [0.25, 0.3) is 5.91 Å². The molecule has 1 atom stereocenters. The van der Waals surface area contributed by atoms with E-state index in [4.69, 9.17) is 20.2 Å². The molecule has 1 aliphatic heterocycles. The number of rotatable bonds is 7. The van der Waals surface area contributed by atoms with Gasteiger partial charge in [-0.25, -0.2) is 4.99 Å². The molecule has 0 bridgehead atoms. The minimum absolute atomic E-state index is 0.0380. The van der Waals surface area contributed by atoms with Crippen molar-refractivity contribution < 1.29 is 14.3 Å². The Bertz CT molecular complexity index is 886. The minimum atomic E-state index is -0.894. The van der Waals surface area contributed by atoms with Crippen LogP contribution in [0.5, 0.6) is 0 Å². The van der Waals surface area contributed by atoms with Crippen molar-refractivity contribution in [1.82, 2.24) is 4.90 Å². The molecule has 5 rings (SSSR count). The molecule has 4 aliphatic rings. The van der Waals surface area contributed by atoms with Crippen molar-refractivity contribution in [3.05, 3.63) is 34.9 Å². The van der Waals surface area contributed by atoms with E-state index in [0.717, 1.165) is 50.0 Å². The quantitative estimate of drug-likeness (QED) is 0.728. The first-order valence-electron chi connectivity index (χ1n) is 11.8. The lowest BCUT2D eigenvalue weighted by molar-refractivity contribution is -0.138. The Kier molecular flexibility index (Phi) is 5.33. The van der Waals surface area contributed by atoms with Crippen LogP contribution >= 0.6 is 0 Å². The Morgan fingerprint density at radius 3 is 2.65 bits per heavy atom. The van der Waals surface area contributed by atoms with E-state index in [-0.39, 0.29) is 17.4 Å². The third-order valence-electron chi connectivity index (χ3n) is 8.25. The number of methoxy groups -OCH3 is 2. The van der Waals surface area contributed by atoms with Crippen LogP contribution in [-0.2, 0) is 32.6 Å². The Hall–Kier alpha value is -1.92. The summed E-state index contributed by atoms with van der Waals surface area (Å²) in [6.45, 7) is 0.894. The third-order valence-corrected chi connectivity index (χ3v) is 8.25. The van der Waals surface area contributed by atoms with Crippen LogP contribution in [-0.4, -0.2) is 50.2 Å². The molecule has 0 aromatic heterocycles. The number of aryl methyl sites for hydroxylation is 1. The molecule has 2 spiro atoms. The van der Waals surface area contributed by atoms with Crippen molar-refractivity contribution in [2.75, 3.05) is 27.4 Å². The molecule has 6 nitrogen and oxygen atoms in total. The van der Waals surface area contributed by atoms with Gasteiger partial charge in [-0.2, -0.15) is 0 Å². The molecule has 1 amide bonds. The summed E-state index contributed by atoms with van der Waals surface area (Å²) in [7, 11) is 3.44. The Balaban J connectivity index is 1.55. The number of hydrogen-bond acceptors (Lipinski definition) is 5. The third kappa shape index (κ3) is 3.30. The van der Waals surface area contributed by atoms with Crippen LogP contribution in [0.3, 0.4) is 0 Å². The van der Waals surface area contributed by atoms with Crippen LogP contribution in [0, 0.1) is 11.3 Å². The van der Waals surface area contributed by atoms with Gasteiger partial charge >= 0.3 is 0 Å². The number of aliphatic imine (C=N–C) groups is 1. The van der Waals surface area contributed by atoms with E-state index >= 15 is 0 Å². The number of guanidine groups is 1. The van der Waals surface area contributed by atoms with E-state index in [0.29, 0.717) is 19.1 Å². The van der Waals surface area contributed by atoms with Gasteiger partial charge in [-0.1, -0.05) is 31.0 Å². The van der Waals surface area contributed by atoms with Crippen molar-refractivity contribution in [1.29, 1.82) is 0 Å². The van der Waals surface area contributed by atoms with Crippen molar-refractivity contribution in [3.63, 3.8) is 0 Å². The molecule has 0 saturated heterocycles. The van der Waals surface area contributed by atoms with Crippen LogP contribution in [0.2, 0.25) is 0 Å². The standard InChI is InChI=1S/C25H35N3O3/c1-30-14-13-28-22(29)25(27-23(28)26)21-15-18(6-5-17-3-4-17)7-8-19(21)16-24(25)11-9-20(31-2)10-12-24/h7-8,15,17,20H,3-6,9-14,16H2,1-2H3,(H2,26,27). The van der Waals surface area contributed by atoms with E-state index in [9.17, 15) is 4.79 Å². The molecule has 168 valence electrons. The second kappa shape index (κ2) is 7.89. The van der Waals surface area contributed by atoms with Gasteiger partial charge in [-0.15, -0.1) is 0 Å². The van der Waals surface area contributed by atoms with E-state index in [1.807, 2.05) is 0 Å². The van der Waals surface area contributed by atoms with Crippen molar-refractivity contribution in [2.24, 2.45) is 22.1 Å². The number of hydrogen-bond donors (Lipinski definition) is 1. The summed E-state index contributed by atoms with van der Waals surface area (Å²) in [5.74, 6) is 1.27. The fraction of sp³-hybridized carbons (Fsp3) is 0.680. The summed E-state index contributed by atoms with van der Waals surface area (Å²) in [6.07, 6.45) is 9.99. The number of fused-ring (bicyclic) bond motifs is 3. The number of carbonyl (C=O) groups excluding carboxylic acids is 1. The van der Waals surface area contributed by atoms with Crippen LogP contribution in [0.25, 0.3) is 0 Å². The number of nitrogens with two attached hydrogens (primary N) is 1. The maximum atomic E-state index is 14.1. The van der Waals surface area contributed by atoms with E-state index in [2.05, 4.69) is 18.2 Å². The number of carbonyl (C=O) groups is 1. The topological polar surface area (TPSA) is 77.2 Å². The molecule has 1 unspecified atom stereocenters. The zero-order chi connectivity index (χ0) is 21.6. The summed E-state index contributed by atoms with van der Waals surface area (Å²) in [4.78, 5) is 20.7. The normalized spacial score (nSPS) is 32.2. The SMILES string of the molecule is COCCN1C(=O)C2(N=C1N)c1cc(CCC3CC3)ccc1CC21CCC(OC)CC1. The Morgan fingerprint density at radius 2 is 1.97 bits per heavy atom. The van der Waals surface area contributed by atoms with Gasteiger partial charge in [-0.05, 0) is 67.6 Å². The highest BCUT2D eigenvalue weighted by Gasteiger charge is 2.66. The van der Waals surface area contributed by atoms with Gasteiger partial charge in [-0.3, -0.25) is 9.69 Å². The summed E-state index contributed by atoms with van der Waals surface area (Å²) in [5, 5.41) is 0. The number of benzene rings is 1. The molecule has 2 saturated carbocycles. The van der Waals surface area contributed by atoms with Crippen LogP contribution in [0.15, 0.2) is 23.2 Å². The van der Waals surface area contributed by atoms with Gasteiger partial charge in [0.2, 0.25) is 0 Å². The predicted octanol–water partition coefficient (Wildman–Crippen LogP) is 3.16. The second-order valence-electron chi connectivity index (χ2n) is 10.00. The summed E-state index contributed by atoms with van der Waals surface area (Å²) in [5.41, 5.74) is 8.96. The largest absolute Gasteiger partial charge is 0.383 e. The van der Waals surface area contributed by atoms with Crippen molar-refractivity contribution >= 4 is 11.9 Å². The molecule has 2 fully saturated rings. The van der Waals surface area contributed by atoms with E-state index in [1.165, 1.54) is 30.4 Å². The van der Waals surface area contributed by atoms with E-state index < -0.39 is 5.54 Å². The predicted molar refractivity (Wildman–Crippen MR) is 120 cm³/mol. The molecule has 1 aromatic rings. The minimum Gasteiger partial charge on any atom is -0.383 e. The molecule has 0 radical (unpaired) electrons. The van der Waals surface area contributed by atoms with Crippen molar-refractivity contribution in [3.8, 4) is 0 Å². The zero-order valence-electron chi connectivity index (χ0n) is 18.9. The highest BCUT2D eigenvalue weighted by atomic mass is 16.5. The van der Waals surface area contributed by atoms with Gasteiger partial charge in [0.1, 0.15) is 0 Å². The molecule has 6 heteroatoms. The smallest absolute Gasteiger partial charge is 0.262 e. The molecule has 3 aliphatic carbocycles. The average Bonchev–Trinajstić information content (AvgIpc) is 3.53. The first-order chi connectivity index (χ1) is 15.0. The number of ether oxygens (including phenoxy) is 2. The maximum absolute atomic E-state index is 14.1. The van der Waals surface area contributed by atoms with Gasteiger partial charge in [0.05, 0.1) is 19.3 Å². The Morgan fingerprint density at radius 1 is 1.19 bits per heavy atom. The lowest BCUT2D eigenvalue weighted by atomic mass is 9.61.